The second-order valence-electron chi connectivity index (χ2n) is 7.14. The van der Waals surface area contributed by atoms with Gasteiger partial charge in [-0.3, -0.25) is 14.5 Å². The largest absolute Gasteiger partial charge is 0.450 e. The van der Waals surface area contributed by atoms with Crippen molar-refractivity contribution in [3.8, 4) is 0 Å². The van der Waals surface area contributed by atoms with Crippen LogP contribution in [0.1, 0.15) is 33.3 Å². The maximum atomic E-state index is 13.4. The molecule has 0 saturated heterocycles. The summed E-state index contributed by atoms with van der Waals surface area (Å²) in [5.74, 6) is -0.251. The van der Waals surface area contributed by atoms with Crippen LogP contribution < -0.4 is 10.3 Å². The van der Waals surface area contributed by atoms with Gasteiger partial charge in [0, 0.05) is 10.7 Å². The fourth-order valence-electron chi connectivity index (χ4n) is 3.96. The van der Waals surface area contributed by atoms with Gasteiger partial charge in [-0.1, -0.05) is 48.0 Å². The standard InChI is InChI=1S/C24H16ClNO3/c1-14-6-4-9-17(12-14)26-21(15-7-5-8-16(25)13-15)20-22(27)18-10-2-3-11-19(18)29-23(20)24(26)28/h2-13,21H,1H3. The second-order valence-corrected chi connectivity index (χ2v) is 7.58. The Bertz CT molecular complexity index is 1340. The molecule has 0 bridgehead atoms. The number of amides is 1. The van der Waals surface area contributed by atoms with Crippen LogP contribution in [-0.2, 0) is 0 Å². The van der Waals surface area contributed by atoms with Gasteiger partial charge in [0.05, 0.1) is 17.0 Å². The summed E-state index contributed by atoms with van der Waals surface area (Å²) in [6, 6.07) is 21.2. The normalized spacial score (nSPS) is 15.7. The van der Waals surface area contributed by atoms with E-state index in [-0.39, 0.29) is 17.1 Å². The first-order valence-electron chi connectivity index (χ1n) is 9.26. The van der Waals surface area contributed by atoms with E-state index in [9.17, 15) is 9.59 Å². The number of hydrogen-bond donors (Lipinski definition) is 0. The van der Waals surface area contributed by atoms with Gasteiger partial charge in [0.25, 0.3) is 5.91 Å². The summed E-state index contributed by atoms with van der Waals surface area (Å²) in [6.45, 7) is 1.96. The SMILES string of the molecule is Cc1cccc(N2C(=O)c3oc4ccccc4c(=O)c3C2c2cccc(Cl)c2)c1. The number of hydrogen-bond acceptors (Lipinski definition) is 3. The van der Waals surface area contributed by atoms with Crippen LogP contribution in [0, 0.1) is 6.92 Å². The van der Waals surface area contributed by atoms with E-state index in [1.807, 2.05) is 43.3 Å². The zero-order valence-corrected chi connectivity index (χ0v) is 16.3. The van der Waals surface area contributed by atoms with Gasteiger partial charge in [-0.25, -0.2) is 0 Å². The van der Waals surface area contributed by atoms with Crippen LogP contribution in [0.3, 0.4) is 0 Å². The van der Waals surface area contributed by atoms with Gasteiger partial charge >= 0.3 is 0 Å². The molecule has 142 valence electrons. The number of para-hydroxylation sites is 1. The summed E-state index contributed by atoms with van der Waals surface area (Å²) < 4.78 is 5.94. The van der Waals surface area contributed by atoms with Gasteiger partial charge in [0.15, 0.2) is 5.43 Å². The average Bonchev–Trinajstić information content (AvgIpc) is 3.01. The zero-order valence-electron chi connectivity index (χ0n) is 15.6. The Kier molecular flexibility index (Phi) is 4.03. The Labute approximate surface area is 172 Å². The first kappa shape index (κ1) is 17.7. The molecule has 3 aromatic carbocycles. The number of carbonyl (C=O) groups excluding carboxylic acids is 1. The smallest absolute Gasteiger partial charge is 0.295 e. The first-order chi connectivity index (χ1) is 14.0. The average molecular weight is 402 g/mol. The molecular formula is C24H16ClNO3. The number of aryl methyl sites for hydroxylation is 1. The lowest BCUT2D eigenvalue weighted by Gasteiger charge is -2.25. The summed E-state index contributed by atoms with van der Waals surface area (Å²) in [4.78, 5) is 28.5. The summed E-state index contributed by atoms with van der Waals surface area (Å²) in [6.07, 6.45) is 0. The molecule has 29 heavy (non-hydrogen) atoms. The molecule has 4 nitrogen and oxygen atoms in total. The van der Waals surface area contributed by atoms with Crippen molar-refractivity contribution >= 4 is 34.2 Å². The molecule has 5 rings (SSSR count). The number of fused-ring (bicyclic) bond motifs is 2. The fourth-order valence-corrected chi connectivity index (χ4v) is 4.15. The molecule has 0 fully saturated rings. The van der Waals surface area contributed by atoms with Crippen molar-refractivity contribution < 1.29 is 9.21 Å². The predicted octanol–water partition coefficient (Wildman–Crippen LogP) is 5.50. The number of halogens is 1. The zero-order chi connectivity index (χ0) is 20.1. The van der Waals surface area contributed by atoms with Gasteiger partial charge < -0.3 is 4.42 Å². The molecule has 1 atom stereocenters. The van der Waals surface area contributed by atoms with Crippen LogP contribution in [0.4, 0.5) is 5.69 Å². The van der Waals surface area contributed by atoms with Crippen LogP contribution >= 0.6 is 11.6 Å². The molecule has 0 N–H and O–H groups in total. The lowest BCUT2D eigenvalue weighted by atomic mass is 9.98. The molecular weight excluding hydrogens is 386 g/mol. The van der Waals surface area contributed by atoms with Crippen LogP contribution in [0.15, 0.2) is 82.0 Å². The minimum absolute atomic E-state index is 0.0835. The Hall–Kier alpha value is -3.37. The van der Waals surface area contributed by atoms with Crippen molar-refractivity contribution in [2.75, 3.05) is 4.90 Å². The van der Waals surface area contributed by atoms with Crippen LogP contribution in [0.2, 0.25) is 5.02 Å². The Morgan fingerprint density at radius 2 is 1.72 bits per heavy atom. The first-order valence-corrected chi connectivity index (χ1v) is 9.64. The summed E-state index contributed by atoms with van der Waals surface area (Å²) >= 11 is 6.24. The van der Waals surface area contributed by atoms with Crippen molar-refractivity contribution in [1.29, 1.82) is 0 Å². The van der Waals surface area contributed by atoms with E-state index in [1.54, 1.807) is 41.3 Å². The van der Waals surface area contributed by atoms with E-state index >= 15 is 0 Å². The summed E-state index contributed by atoms with van der Waals surface area (Å²) in [5.41, 5.74) is 3.03. The third-order valence-corrected chi connectivity index (χ3v) is 5.46. The second kappa shape index (κ2) is 6.61. The van der Waals surface area contributed by atoms with Crippen LogP contribution in [0.25, 0.3) is 11.0 Å². The quantitative estimate of drug-likeness (QED) is 0.445. The molecule has 0 saturated carbocycles. The highest BCUT2D eigenvalue weighted by molar-refractivity contribution is 6.30. The molecule has 0 radical (unpaired) electrons. The van der Waals surface area contributed by atoms with E-state index in [4.69, 9.17) is 16.0 Å². The lowest BCUT2D eigenvalue weighted by Crippen LogP contribution is -2.29. The van der Waals surface area contributed by atoms with Crippen molar-refractivity contribution in [3.63, 3.8) is 0 Å². The van der Waals surface area contributed by atoms with Crippen molar-refractivity contribution in [1.82, 2.24) is 0 Å². The van der Waals surface area contributed by atoms with Crippen LogP contribution in [-0.4, -0.2) is 5.91 Å². The molecule has 5 heteroatoms. The topological polar surface area (TPSA) is 50.5 Å². The van der Waals surface area contributed by atoms with E-state index in [1.165, 1.54) is 0 Å². The fraction of sp³-hybridized carbons (Fsp3) is 0.0833. The van der Waals surface area contributed by atoms with Crippen molar-refractivity contribution in [3.05, 3.63) is 110 Å². The number of rotatable bonds is 2. The van der Waals surface area contributed by atoms with Crippen molar-refractivity contribution in [2.45, 2.75) is 13.0 Å². The third-order valence-electron chi connectivity index (χ3n) is 5.22. The van der Waals surface area contributed by atoms with Gasteiger partial charge in [0.1, 0.15) is 5.58 Å². The van der Waals surface area contributed by atoms with Gasteiger partial charge in [-0.05, 0) is 54.4 Å². The minimum atomic E-state index is -0.612. The van der Waals surface area contributed by atoms with Gasteiger partial charge in [0.2, 0.25) is 5.76 Å². The molecule has 1 unspecified atom stereocenters. The molecule has 1 aliphatic rings. The Morgan fingerprint density at radius 1 is 0.931 bits per heavy atom. The predicted molar refractivity (Wildman–Crippen MR) is 114 cm³/mol. The minimum Gasteiger partial charge on any atom is -0.450 e. The third kappa shape index (κ3) is 2.76. The Morgan fingerprint density at radius 3 is 2.52 bits per heavy atom. The highest BCUT2D eigenvalue weighted by atomic mass is 35.5. The van der Waals surface area contributed by atoms with Gasteiger partial charge in [-0.15, -0.1) is 0 Å². The summed E-state index contributed by atoms with van der Waals surface area (Å²) in [7, 11) is 0. The highest BCUT2D eigenvalue weighted by Crippen LogP contribution is 2.41. The molecule has 4 aromatic rings. The maximum absolute atomic E-state index is 13.4. The number of anilines is 1. The number of nitrogens with zero attached hydrogens (tertiary/aromatic N) is 1. The van der Waals surface area contributed by atoms with E-state index in [0.29, 0.717) is 27.2 Å². The van der Waals surface area contributed by atoms with E-state index in [2.05, 4.69) is 0 Å². The Balaban J connectivity index is 1.84. The number of carbonyl (C=O) groups is 1. The molecule has 1 aliphatic heterocycles. The molecule has 0 aliphatic carbocycles. The van der Waals surface area contributed by atoms with Crippen molar-refractivity contribution in [2.24, 2.45) is 0 Å². The van der Waals surface area contributed by atoms with Crippen LogP contribution in [0.5, 0.6) is 0 Å². The highest BCUT2D eigenvalue weighted by Gasteiger charge is 2.43. The molecule has 1 amide bonds. The molecule has 1 aromatic heterocycles. The molecule has 0 spiro atoms. The van der Waals surface area contributed by atoms with E-state index in [0.717, 1.165) is 11.1 Å². The van der Waals surface area contributed by atoms with E-state index < -0.39 is 6.04 Å². The lowest BCUT2D eigenvalue weighted by molar-refractivity contribution is 0.0971. The molecule has 2 heterocycles. The van der Waals surface area contributed by atoms with Gasteiger partial charge in [-0.2, -0.15) is 0 Å². The number of benzene rings is 3. The maximum Gasteiger partial charge on any atom is 0.295 e. The summed E-state index contributed by atoms with van der Waals surface area (Å²) in [5, 5.41) is 0.995. The monoisotopic (exact) mass is 401 g/mol.